The first-order valence-corrected chi connectivity index (χ1v) is 7.02. The zero-order valence-corrected chi connectivity index (χ0v) is 12.8. The molecule has 1 aromatic carbocycles. The van der Waals surface area contributed by atoms with E-state index in [4.69, 9.17) is 16.3 Å². The van der Waals surface area contributed by atoms with Crippen LogP contribution < -0.4 is 10.1 Å². The van der Waals surface area contributed by atoms with Gasteiger partial charge in [0.15, 0.2) is 0 Å². The first-order valence-electron chi connectivity index (χ1n) is 6.64. The lowest BCUT2D eigenvalue weighted by Gasteiger charge is -2.32. The number of rotatable bonds is 3. The maximum atomic E-state index is 12.2. The third-order valence-electron chi connectivity index (χ3n) is 3.47. The van der Waals surface area contributed by atoms with Gasteiger partial charge in [-0.1, -0.05) is 11.6 Å². The van der Waals surface area contributed by atoms with Gasteiger partial charge in [0.05, 0.1) is 12.8 Å². The second-order valence-electron chi connectivity index (χ2n) is 4.86. The molecule has 3 amide bonds. The third-order valence-corrected chi connectivity index (χ3v) is 3.88. The van der Waals surface area contributed by atoms with Crippen LogP contribution in [-0.2, 0) is 4.79 Å². The number of methoxy groups -OCH3 is 1. The molecular weight excluding hydrogens is 294 g/mol. The molecule has 1 aromatic rings. The summed E-state index contributed by atoms with van der Waals surface area (Å²) in [5, 5.41) is 3.42. The quantitative estimate of drug-likeness (QED) is 0.868. The van der Waals surface area contributed by atoms with E-state index in [9.17, 15) is 9.59 Å². The monoisotopic (exact) mass is 311 g/mol. The van der Waals surface area contributed by atoms with Crippen LogP contribution in [0.15, 0.2) is 12.1 Å². The van der Waals surface area contributed by atoms with Crippen LogP contribution in [0, 0.1) is 6.92 Å². The van der Waals surface area contributed by atoms with E-state index in [1.807, 2.05) is 6.92 Å². The molecule has 1 N–H and O–H groups in total. The molecule has 1 fully saturated rings. The highest BCUT2D eigenvalue weighted by Gasteiger charge is 2.21. The summed E-state index contributed by atoms with van der Waals surface area (Å²) >= 11 is 6.04. The minimum absolute atomic E-state index is 0.208. The van der Waals surface area contributed by atoms with Crippen LogP contribution in [0.2, 0.25) is 5.02 Å². The van der Waals surface area contributed by atoms with E-state index >= 15 is 0 Å². The van der Waals surface area contributed by atoms with Gasteiger partial charge < -0.3 is 19.9 Å². The molecule has 0 aliphatic carbocycles. The molecule has 0 saturated carbocycles. The zero-order valence-electron chi connectivity index (χ0n) is 12.1. The lowest BCUT2D eigenvalue weighted by Crippen LogP contribution is -2.49. The summed E-state index contributed by atoms with van der Waals surface area (Å²) in [5.74, 6) is 0.519. The van der Waals surface area contributed by atoms with Crippen LogP contribution in [0.5, 0.6) is 5.75 Å². The van der Waals surface area contributed by atoms with Crippen LogP contribution in [0.25, 0.3) is 0 Å². The standard InChI is InChI=1S/C14H18ClN3O3/c1-10-7-12(13(21-2)8-11(10)15)16-14(20)18-5-3-17(9-19)4-6-18/h7-9H,3-6H2,1-2H3,(H,16,20). The van der Waals surface area contributed by atoms with Crippen LogP contribution in [0.4, 0.5) is 10.5 Å². The first-order chi connectivity index (χ1) is 10.0. The molecule has 0 atom stereocenters. The third kappa shape index (κ3) is 3.58. The molecule has 0 unspecified atom stereocenters. The number of aryl methyl sites for hydroxylation is 1. The average Bonchev–Trinajstić information content (AvgIpc) is 2.50. The fraction of sp³-hybridized carbons (Fsp3) is 0.429. The van der Waals surface area contributed by atoms with Gasteiger partial charge in [-0.15, -0.1) is 0 Å². The molecule has 1 saturated heterocycles. The highest BCUT2D eigenvalue weighted by molar-refractivity contribution is 6.31. The predicted molar refractivity (Wildman–Crippen MR) is 81.0 cm³/mol. The Bertz CT molecular complexity index is 543. The number of urea groups is 1. The number of ether oxygens (including phenoxy) is 1. The van der Waals surface area contributed by atoms with Crippen LogP contribution >= 0.6 is 11.6 Å². The number of halogens is 1. The number of carbonyl (C=O) groups excluding carboxylic acids is 2. The second-order valence-corrected chi connectivity index (χ2v) is 5.27. The summed E-state index contributed by atoms with van der Waals surface area (Å²) in [7, 11) is 1.53. The molecule has 1 heterocycles. The van der Waals surface area contributed by atoms with E-state index < -0.39 is 0 Å². The van der Waals surface area contributed by atoms with Crippen LogP contribution in [0.1, 0.15) is 5.56 Å². The van der Waals surface area contributed by atoms with E-state index in [0.717, 1.165) is 12.0 Å². The normalized spacial score (nSPS) is 14.8. The van der Waals surface area contributed by atoms with Gasteiger partial charge in [0.2, 0.25) is 6.41 Å². The number of nitrogens with one attached hydrogen (secondary N) is 1. The number of amides is 3. The lowest BCUT2D eigenvalue weighted by atomic mass is 10.2. The molecule has 114 valence electrons. The Morgan fingerprint density at radius 3 is 2.57 bits per heavy atom. The second kappa shape index (κ2) is 6.67. The minimum atomic E-state index is -0.208. The summed E-state index contributed by atoms with van der Waals surface area (Å²) in [4.78, 5) is 26.2. The van der Waals surface area contributed by atoms with E-state index in [-0.39, 0.29) is 6.03 Å². The highest BCUT2D eigenvalue weighted by Crippen LogP contribution is 2.31. The SMILES string of the molecule is COc1cc(Cl)c(C)cc1NC(=O)N1CCN(C=O)CC1. The van der Waals surface area contributed by atoms with Gasteiger partial charge in [0.1, 0.15) is 5.75 Å². The van der Waals surface area contributed by atoms with Crippen molar-refractivity contribution >= 4 is 29.7 Å². The fourth-order valence-corrected chi connectivity index (χ4v) is 2.31. The number of benzene rings is 1. The molecule has 21 heavy (non-hydrogen) atoms. The number of piperazine rings is 1. The summed E-state index contributed by atoms with van der Waals surface area (Å²) in [5.41, 5.74) is 1.45. The Hall–Kier alpha value is -1.95. The first kappa shape index (κ1) is 15.4. The number of anilines is 1. The number of hydrogen-bond donors (Lipinski definition) is 1. The van der Waals surface area contributed by atoms with Crippen molar-refractivity contribution in [3.8, 4) is 5.75 Å². The van der Waals surface area contributed by atoms with E-state index in [2.05, 4.69) is 5.32 Å². The zero-order chi connectivity index (χ0) is 15.4. The summed E-state index contributed by atoms with van der Waals surface area (Å²) < 4.78 is 5.23. The van der Waals surface area contributed by atoms with Gasteiger partial charge in [0, 0.05) is 37.3 Å². The molecule has 0 radical (unpaired) electrons. The molecule has 7 heteroatoms. The maximum Gasteiger partial charge on any atom is 0.322 e. The van der Waals surface area contributed by atoms with E-state index in [1.54, 1.807) is 21.9 Å². The topological polar surface area (TPSA) is 61.9 Å². The molecular formula is C14H18ClN3O3. The molecule has 6 nitrogen and oxygen atoms in total. The van der Waals surface area contributed by atoms with Gasteiger partial charge in [-0.3, -0.25) is 4.79 Å². The number of carbonyl (C=O) groups is 2. The molecule has 0 spiro atoms. The molecule has 0 aromatic heterocycles. The van der Waals surface area contributed by atoms with Crippen molar-refractivity contribution in [3.05, 3.63) is 22.7 Å². The molecule has 0 bridgehead atoms. The average molecular weight is 312 g/mol. The van der Waals surface area contributed by atoms with Crippen molar-refractivity contribution in [3.63, 3.8) is 0 Å². The van der Waals surface area contributed by atoms with Gasteiger partial charge in [-0.05, 0) is 18.6 Å². The van der Waals surface area contributed by atoms with Crippen molar-refractivity contribution in [1.29, 1.82) is 0 Å². The summed E-state index contributed by atoms with van der Waals surface area (Å²) in [6, 6.07) is 3.25. The van der Waals surface area contributed by atoms with Gasteiger partial charge in [-0.25, -0.2) is 4.79 Å². The van der Waals surface area contributed by atoms with Crippen molar-refractivity contribution < 1.29 is 14.3 Å². The predicted octanol–water partition coefficient (Wildman–Crippen LogP) is 1.96. The Balaban J connectivity index is 2.06. The highest BCUT2D eigenvalue weighted by atomic mass is 35.5. The molecule has 2 rings (SSSR count). The summed E-state index contributed by atoms with van der Waals surface area (Å²) in [6.07, 6.45) is 0.806. The number of nitrogens with zero attached hydrogens (tertiary/aromatic N) is 2. The Kier molecular flexibility index (Phi) is 4.90. The lowest BCUT2D eigenvalue weighted by molar-refractivity contribution is -0.119. The largest absolute Gasteiger partial charge is 0.495 e. The van der Waals surface area contributed by atoms with Crippen molar-refractivity contribution in [2.24, 2.45) is 0 Å². The molecule has 1 aliphatic rings. The maximum absolute atomic E-state index is 12.2. The minimum Gasteiger partial charge on any atom is -0.495 e. The fourth-order valence-electron chi connectivity index (χ4n) is 2.15. The Morgan fingerprint density at radius 2 is 2.00 bits per heavy atom. The van der Waals surface area contributed by atoms with E-state index in [1.165, 1.54) is 7.11 Å². The van der Waals surface area contributed by atoms with Crippen molar-refractivity contribution in [2.75, 3.05) is 38.6 Å². The smallest absolute Gasteiger partial charge is 0.322 e. The van der Waals surface area contributed by atoms with Crippen molar-refractivity contribution in [1.82, 2.24) is 9.80 Å². The van der Waals surface area contributed by atoms with Crippen LogP contribution in [-0.4, -0.2) is 55.5 Å². The van der Waals surface area contributed by atoms with Gasteiger partial charge in [0.25, 0.3) is 0 Å². The molecule has 1 aliphatic heterocycles. The number of hydrogen-bond acceptors (Lipinski definition) is 3. The summed E-state index contributed by atoms with van der Waals surface area (Å²) in [6.45, 7) is 3.99. The van der Waals surface area contributed by atoms with Crippen molar-refractivity contribution in [2.45, 2.75) is 6.92 Å². The van der Waals surface area contributed by atoms with Gasteiger partial charge in [-0.2, -0.15) is 0 Å². The Labute approximate surface area is 128 Å². The van der Waals surface area contributed by atoms with Crippen LogP contribution in [0.3, 0.4) is 0 Å². The Morgan fingerprint density at radius 1 is 1.33 bits per heavy atom. The van der Waals surface area contributed by atoms with Gasteiger partial charge >= 0.3 is 6.03 Å². The van der Waals surface area contributed by atoms with E-state index in [0.29, 0.717) is 42.6 Å².